The van der Waals surface area contributed by atoms with E-state index in [-0.39, 0.29) is 30.3 Å². The van der Waals surface area contributed by atoms with E-state index < -0.39 is 0 Å². The summed E-state index contributed by atoms with van der Waals surface area (Å²) in [6.45, 7) is 2.41. The first-order valence-corrected chi connectivity index (χ1v) is 8.36. The Morgan fingerprint density at radius 2 is 2.23 bits per heavy atom. The van der Waals surface area contributed by atoms with Gasteiger partial charge in [0.2, 0.25) is 5.91 Å². The maximum atomic E-state index is 12.4. The van der Waals surface area contributed by atoms with Gasteiger partial charge in [-0.2, -0.15) is 0 Å². The lowest BCUT2D eigenvalue weighted by atomic mass is 9.85. The topological polar surface area (TPSA) is 64.3 Å². The predicted molar refractivity (Wildman–Crippen MR) is 96.1 cm³/mol. The normalized spacial score (nSPS) is 20.9. The van der Waals surface area contributed by atoms with Crippen LogP contribution in [0.25, 0.3) is 0 Å². The van der Waals surface area contributed by atoms with Crippen molar-refractivity contribution in [2.24, 2.45) is 11.7 Å². The highest BCUT2D eigenvalue weighted by molar-refractivity contribution is 9.10. The lowest BCUT2D eigenvalue weighted by Crippen LogP contribution is -2.34. The van der Waals surface area contributed by atoms with Gasteiger partial charge in [0.25, 0.3) is 0 Å². The minimum Gasteiger partial charge on any atom is -0.491 e. The molecular formula is C15H21BrCl2N2O2. The van der Waals surface area contributed by atoms with Crippen molar-refractivity contribution in [3.05, 3.63) is 21.6 Å². The van der Waals surface area contributed by atoms with Gasteiger partial charge >= 0.3 is 0 Å². The maximum absolute atomic E-state index is 12.4. The van der Waals surface area contributed by atoms with Crippen molar-refractivity contribution in [3.63, 3.8) is 0 Å². The van der Waals surface area contributed by atoms with E-state index in [1.165, 1.54) is 0 Å². The van der Waals surface area contributed by atoms with Gasteiger partial charge in [-0.15, -0.1) is 12.4 Å². The number of benzene rings is 1. The standard InChI is InChI=1S/C15H20BrClN2O2.ClH/c1-2-21-14-12(16)7-10(17)8-13(14)19-15(20)9-4-3-5-11(18)6-9;/h7-9,11H,2-6,18H2,1H3,(H,19,20);1H. The van der Waals surface area contributed by atoms with Gasteiger partial charge in [0.15, 0.2) is 5.75 Å². The zero-order chi connectivity index (χ0) is 15.4. The van der Waals surface area contributed by atoms with Crippen LogP contribution in [0, 0.1) is 5.92 Å². The van der Waals surface area contributed by atoms with Gasteiger partial charge < -0.3 is 15.8 Å². The second-order valence-electron chi connectivity index (χ2n) is 5.31. The van der Waals surface area contributed by atoms with Gasteiger partial charge in [0, 0.05) is 17.0 Å². The molecule has 1 aliphatic rings. The van der Waals surface area contributed by atoms with E-state index in [1.807, 2.05) is 6.92 Å². The van der Waals surface area contributed by atoms with Gasteiger partial charge in [0.1, 0.15) is 0 Å². The number of nitrogens with two attached hydrogens (primary N) is 1. The average molecular weight is 412 g/mol. The van der Waals surface area contributed by atoms with Crippen LogP contribution < -0.4 is 15.8 Å². The van der Waals surface area contributed by atoms with Crippen LogP contribution in [0.3, 0.4) is 0 Å². The molecule has 0 radical (unpaired) electrons. The van der Waals surface area contributed by atoms with Gasteiger partial charge in [-0.25, -0.2) is 0 Å². The molecule has 0 spiro atoms. The molecule has 2 unspecified atom stereocenters. The molecule has 1 fully saturated rings. The number of hydrogen-bond donors (Lipinski definition) is 2. The summed E-state index contributed by atoms with van der Waals surface area (Å²) in [5, 5.41) is 3.48. The Bertz CT molecular complexity index is 529. The predicted octanol–water partition coefficient (Wildman–Crippen LogP) is 4.38. The summed E-state index contributed by atoms with van der Waals surface area (Å²) in [6.07, 6.45) is 3.61. The summed E-state index contributed by atoms with van der Waals surface area (Å²) in [5.74, 6) is 0.552. The summed E-state index contributed by atoms with van der Waals surface area (Å²) in [4.78, 5) is 12.4. The quantitative estimate of drug-likeness (QED) is 0.772. The number of rotatable bonds is 4. The van der Waals surface area contributed by atoms with Crippen molar-refractivity contribution in [2.45, 2.75) is 38.6 Å². The first kappa shape index (κ1) is 19.6. The Kier molecular flexibility index (Phi) is 7.97. The molecule has 2 atom stereocenters. The number of carbonyl (C=O) groups excluding carboxylic acids is 1. The average Bonchev–Trinajstić information content (AvgIpc) is 2.42. The molecule has 1 saturated carbocycles. The van der Waals surface area contributed by atoms with E-state index in [4.69, 9.17) is 22.1 Å². The number of anilines is 1. The van der Waals surface area contributed by atoms with Gasteiger partial charge in [0.05, 0.1) is 16.8 Å². The first-order chi connectivity index (χ1) is 10.0. The fraction of sp³-hybridized carbons (Fsp3) is 0.533. The molecule has 0 heterocycles. The summed E-state index contributed by atoms with van der Waals surface area (Å²) in [7, 11) is 0. The minimum absolute atomic E-state index is 0. The SMILES string of the molecule is CCOc1c(Br)cc(Cl)cc1NC(=O)C1CCCC(N)C1.Cl. The van der Waals surface area contributed by atoms with Crippen LogP contribution in [-0.4, -0.2) is 18.6 Å². The molecule has 3 N–H and O–H groups in total. The Morgan fingerprint density at radius 3 is 2.86 bits per heavy atom. The summed E-state index contributed by atoms with van der Waals surface area (Å²) >= 11 is 9.47. The van der Waals surface area contributed by atoms with E-state index in [1.54, 1.807) is 12.1 Å². The summed E-state index contributed by atoms with van der Waals surface area (Å²) in [5.41, 5.74) is 6.55. The summed E-state index contributed by atoms with van der Waals surface area (Å²) in [6, 6.07) is 3.57. The Hall–Kier alpha value is -0.490. The van der Waals surface area contributed by atoms with E-state index in [0.29, 0.717) is 23.1 Å². The molecule has 124 valence electrons. The Morgan fingerprint density at radius 1 is 1.50 bits per heavy atom. The molecule has 2 rings (SSSR count). The number of nitrogens with one attached hydrogen (secondary N) is 1. The molecule has 7 heteroatoms. The van der Waals surface area contributed by atoms with Crippen molar-refractivity contribution >= 4 is 51.5 Å². The largest absolute Gasteiger partial charge is 0.491 e. The minimum atomic E-state index is -0.0408. The number of hydrogen-bond acceptors (Lipinski definition) is 3. The molecule has 1 aromatic rings. The van der Waals surface area contributed by atoms with E-state index >= 15 is 0 Å². The molecule has 4 nitrogen and oxygen atoms in total. The number of ether oxygens (including phenoxy) is 1. The van der Waals surface area contributed by atoms with Crippen LogP contribution in [0.2, 0.25) is 5.02 Å². The van der Waals surface area contributed by atoms with Crippen LogP contribution in [0.5, 0.6) is 5.75 Å². The molecule has 1 amide bonds. The van der Waals surface area contributed by atoms with Crippen molar-refractivity contribution in [3.8, 4) is 5.75 Å². The monoisotopic (exact) mass is 410 g/mol. The van der Waals surface area contributed by atoms with Gasteiger partial charge in [-0.05, 0) is 54.2 Å². The van der Waals surface area contributed by atoms with E-state index in [9.17, 15) is 4.79 Å². The maximum Gasteiger partial charge on any atom is 0.227 e. The van der Waals surface area contributed by atoms with Gasteiger partial charge in [-0.1, -0.05) is 18.0 Å². The third kappa shape index (κ3) is 5.01. The van der Waals surface area contributed by atoms with Crippen molar-refractivity contribution in [1.29, 1.82) is 0 Å². The van der Waals surface area contributed by atoms with Crippen LogP contribution in [0.4, 0.5) is 5.69 Å². The summed E-state index contributed by atoms with van der Waals surface area (Å²) < 4.78 is 6.32. The third-order valence-electron chi connectivity index (χ3n) is 3.64. The molecule has 0 bridgehead atoms. The van der Waals surface area contributed by atoms with Crippen molar-refractivity contribution in [1.82, 2.24) is 0 Å². The Balaban J connectivity index is 0.00000242. The fourth-order valence-corrected chi connectivity index (χ4v) is 3.57. The highest BCUT2D eigenvalue weighted by Gasteiger charge is 2.26. The van der Waals surface area contributed by atoms with E-state index in [0.717, 1.165) is 30.2 Å². The van der Waals surface area contributed by atoms with Crippen LogP contribution in [0.1, 0.15) is 32.6 Å². The van der Waals surface area contributed by atoms with E-state index in [2.05, 4.69) is 21.2 Å². The van der Waals surface area contributed by atoms with Crippen LogP contribution >= 0.6 is 39.9 Å². The zero-order valence-electron chi connectivity index (χ0n) is 12.4. The van der Waals surface area contributed by atoms with Crippen LogP contribution in [0.15, 0.2) is 16.6 Å². The molecular weight excluding hydrogens is 391 g/mol. The number of amides is 1. The van der Waals surface area contributed by atoms with Crippen LogP contribution in [-0.2, 0) is 4.79 Å². The second kappa shape index (κ2) is 8.96. The molecule has 1 aromatic carbocycles. The molecule has 0 aliphatic heterocycles. The smallest absolute Gasteiger partial charge is 0.227 e. The second-order valence-corrected chi connectivity index (χ2v) is 6.60. The molecule has 0 aromatic heterocycles. The Labute approximate surface area is 150 Å². The lowest BCUT2D eigenvalue weighted by molar-refractivity contribution is -0.120. The molecule has 1 aliphatic carbocycles. The lowest BCUT2D eigenvalue weighted by Gasteiger charge is -2.26. The molecule has 0 saturated heterocycles. The zero-order valence-corrected chi connectivity index (χ0v) is 15.6. The highest BCUT2D eigenvalue weighted by Crippen LogP contribution is 2.37. The highest BCUT2D eigenvalue weighted by atomic mass is 79.9. The van der Waals surface area contributed by atoms with Gasteiger partial charge in [-0.3, -0.25) is 4.79 Å². The third-order valence-corrected chi connectivity index (χ3v) is 4.45. The van der Waals surface area contributed by atoms with Crippen molar-refractivity contribution in [2.75, 3.05) is 11.9 Å². The molecule has 22 heavy (non-hydrogen) atoms. The fourth-order valence-electron chi connectivity index (χ4n) is 2.64. The first-order valence-electron chi connectivity index (χ1n) is 7.19. The van der Waals surface area contributed by atoms with Crippen molar-refractivity contribution < 1.29 is 9.53 Å². The number of halogens is 3. The number of carbonyl (C=O) groups is 1.